The Morgan fingerprint density at radius 2 is 1.81 bits per heavy atom. The smallest absolute Gasteiger partial charge is 0.255 e. The van der Waals surface area contributed by atoms with Gasteiger partial charge in [0.05, 0.1) is 5.56 Å². The molecule has 0 aliphatic carbocycles. The predicted molar refractivity (Wildman–Crippen MR) is 119 cm³/mol. The van der Waals surface area contributed by atoms with E-state index in [-0.39, 0.29) is 25.9 Å². The van der Waals surface area contributed by atoms with E-state index in [4.69, 9.17) is 30.5 Å². The van der Waals surface area contributed by atoms with E-state index >= 15 is 0 Å². The summed E-state index contributed by atoms with van der Waals surface area (Å²) in [7, 11) is 0. The quantitative estimate of drug-likeness (QED) is 0.510. The van der Waals surface area contributed by atoms with Gasteiger partial charge in [-0.2, -0.15) is 0 Å². The zero-order valence-electron chi connectivity index (χ0n) is 17.1. The highest BCUT2D eigenvalue weighted by molar-refractivity contribution is 6.30. The fraction of sp³-hybridized carbons (Fsp3) is 0.208. The predicted octanol–water partition coefficient (Wildman–Crippen LogP) is 3.82. The van der Waals surface area contributed by atoms with Crippen LogP contribution in [0.3, 0.4) is 0 Å². The molecule has 1 unspecified atom stereocenters. The maximum Gasteiger partial charge on any atom is 0.255 e. The molecule has 0 fully saturated rings. The minimum absolute atomic E-state index is 0.00857. The molecule has 1 atom stereocenters. The lowest BCUT2D eigenvalue weighted by molar-refractivity contribution is 0.0840. The second kappa shape index (κ2) is 10.3. The van der Waals surface area contributed by atoms with Gasteiger partial charge in [-0.15, -0.1) is 0 Å². The van der Waals surface area contributed by atoms with E-state index in [1.54, 1.807) is 54.6 Å². The maximum atomic E-state index is 12.6. The van der Waals surface area contributed by atoms with Gasteiger partial charge in [0.25, 0.3) is 5.91 Å². The normalized spacial score (nSPS) is 12.8. The van der Waals surface area contributed by atoms with Crippen LogP contribution in [0.15, 0.2) is 66.7 Å². The summed E-state index contributed by atoms with van der Waals surface area (Å²) in [4.78, 5) is 12.6. The van der Waals surface area contributed by atoms with Gasteiger partial charge in [-0.3, -0.25) is 4.79 Å². The lowest BCUT2D eigenvalue weighted by atomic mass is 10.2. The average Bonchev–Trinajstić information content (AvgIpc) is 3.29. The first-order valence-electron chi connectivity index (χ1n) is 10.0. The highest BCUT2D eigenvalue weighted by Gasteiger charge is 2.16. The van der Waals surface area contributed by atoms with E-state index in [9.17, 15) is 9.90 Å². The number of fused-ring (bicyclic) bond motifs is 1. The largest absolute Gasteiger partial charge is 0.491 e. The topological polar surface area (TPSA) is 86.3 Å². The molecular weight excluding hydrogens is 434 g/mol. The number of carbonyl (C=O) groups is 1. The fourth-order valence-corrected chi connectivity index (χ4v) is 3.17. The van der Waals surface area contributed by atoms with Gasteiger partial charge in [0, 0.05) is 17.6 Å². The van der Waals surface area contributed by atoms with Gasteiger partial charge in [0.2, 0.25) is 6.79 Å². The van der Waals surface area contributed by atoms with Crippen molar-refractivity contribution in [3.63, 3.8) is 0 Å². The second-order valence-electron chi connectivity index (χ2n) is 7.10. The van der Waals surface area contributed by atoms with Crippen molar-refractivity contribution in [3.05, 3.63) is 82.9 Å². The molecule has 3 aromatic carbocycles. The van der Waals surface area contributed by atoms with Crippen LogP contribution in [0.1, 0.15) is 15.9 Å². The molecule has 0 radical (unpaired) electrons. The molecule has 0 bridgehead atoms. The summed E-state index contributed by atoms with van der Waals surface area (Å²) in [6.07, 6.45) is -0.897. The van der Waals surface area contributed by atoms with Crippen molar-refractivity contribution in [2.75, 3.05) is 19.9 Å². The first kappa shape index (κ1) is 21.8. The molecule has 1 aliphatic heterocycles. The molecule has 3 aromatic rings. The molecule has 1 amide bonds. The van der Waals surface area contributed by atoms with Crippen molar-refractivity contribution in [3.8, 4) is 23.0 Å². The third-order valence-corrected chi connectivity index (χ3v) is 4.98. The van der Waals surface area contributed by atoms with Crippen LogP contribution in [0.25, 0.3) is 0 Å². The van der Waals surface area contributed by atoms with Crippen LogP contribution in [0.2, 0.25) is 5.02 Å². The number of aliphatic hydroxyl groups excluding tert-OH is 1. The van der Waals surface area contributed by atoms with E-state index in [0.29, 0.717) is 40.2 Å². The van der Waals surface area contributed by atoms with Gasteiger partial charge >= 0.3 is 0 Å². The molecule has 0 aromatic heterocycles. The summed E-state index contributed by atoms with van der Waals surface area (Å²) in [6, 6.07) is 19.4. The van der Waals surface area contributed by atoms with Crippen molar-refractivity contribution in [2.24, 2.45) is 0 Å². The molecule has 0 spiro atoms. The summed E-state index contributed by atoms with van der Waals surface area (Å²) in [5.41, 5.74) is 1.31. The lowest BCUT2D eigenvalue weighted by Gasteiger charge is -2.15. The molecular formula is C24H22ClNO6. The SMILES string of the molecule is O=C(NCC(O)COc1ccc2c(c1)OCO2)c1ccccc1OCc1ccc(Cl)cc1. The standard InChI is InChI=1S/C24H22ClNO6/c25-17-7-5-16(6-8-17)13-30-21-4-2-1-3-20(21)24(28)26-12-18(27)14-29-19-9-10-22-23(11-19)32-15-31-22/h1-11,18,27H,12-15H2,(H,26,28). The summed E-state index contributed by atoms with van der Waals surface area (Å²) in [5, 5.41) is 13.6. The first-order valence-corrected chi connectivity index (χ1v) is 10.4. The Hall–Kier alpha value is -3.42. The number of nitrogens with one attached hydrogen (secondary N) is 1. The highest BCUT2D eigenvalue weighted by atomic mass is 35.5. The molecule has 166 valence electrons. The molecule has 0 saturated heterocycles. The van der Waals surface area contributed by atoms with Crippen LogP contribution < -0.4 is 24.3 Å². The summed E-state index contributed by atoms with van der Waals surface area (Å²) in [5.74, 6) is 1.90. The average molecular weight is 456 g/mol. The van der Waals surface area contributed by atoms with Crippen LogP contribution >= 0.6 is 11.6 Å². The molecule has 32 heavy (non-hydrogen) atoms. The number of halogens is 1. The van der Waals surface area contributed by atoms with Crippen LogP contribution in [0, 0.1) is 0 Å². The third kappa shape index (κ3) is 5.63. The van der Waals surface area contributed by atoms with Crippen molar-refractivity contribution < 1.29 is 28.8 Å². The van der Waals surface area contributed by atoms with Crippen molar-refractivity contribution in [2.45, 2.75) is 12.7 Å². The zero-order valence-corrected chi connectivity index (χ0v) is 17.9. The second-order valence-corrected chi connectivity index (χ2v) is 7.54. The van der Waals surface area contributed by atoms with Gasteiger partial charge in [-0.1, -0.05) is 35.9 Å². The number of hydrogen-bond donors (Lipinski definition) is 2. The molecule has 7 nitrogen and oxygen atoms in total. The molecule has 1 aliphatic rings. The minimum atomic E-state index is -0.897. The Bertz CT molecular complexity index is 1070. The third-order valence-electron chi connectivity index (χ3n) is 4.72. The number of amides is 1. The molecule has 1 heterocycles. The number of rotatable bonds is 9. The van der Waals surface area contributed by atoms with E-state index in [0.717, 1.165) is 5.56 Å². The minimum Gasteiger partial charge on any atom is -0.491 e. The summed E-state index contributed by atoms with van der Waals surface area (Å²) >= 11 is 5.90. The number of para-hydroxylation sites is 1. The van der Waals surface area contributed by atoms with Crippen molar-refractivity contribution in [1.29, 1.82) is 0 Å². The van der Waals surface area contributed by atoms with Gasteiger partial charge < -0.3 is 29.4 Å². The number of benzene rings is 3. The van der Waals surface area contributed by atoms with Gasteiger partial charge in [-0.25, -0.2) is 0 Å². The monoisotopic (exact) mass is 455 g/mol. The van der Waals surface area contributed by atoms with Gasteiger partial charge in [0.15, 0.2) is 11.5 Å². The summed E-state index contributed by atoms with van der Waals surface area (Å²) in [6.45, 7) is 0.509. The molecule has 2 N–H and O–H groups in total. The van der Waals surface area contributed by atoms with E-state index in [2.05, 4.69) is 5.32 Å². The maximum absolute atomic E-state index is 12.6. The van der Waals surface area contributed by atoms with Gasteiger partial charge in [-0.05, 0) is 42.0 Å². The Morgan fingerprint density at radius 3 is 2.66 bits per heavy atom. The van der Waals surface area contributed by atoms with E-state index < -0.39 is 6.10 Å². The van der Waals surface area contributed by atoms with Crippen LogP contribution in [-0.2, 0) is 6.61 Å². The van der Waals surface area contributed by atoms with Crippen molar-refractivity contribution >= 4 is 17.5 Å². The fourth-order valence-electron chi connectivity index (χ4n) is 3.05. The van der Waals surface area contributed by atoms with E-state index in [1.165, 1.54) is 0 Å². The van der Waals surface area contributed by atoms with Crippen LogP contribution in [-0.4, -0.2) is 37.1 Å². The zero-order chi connectivity index (χ0) is 22.3. The number of ether oxygens (including phenoxy) is 4. The molecule has 0 saturated carbocycles. The van der Waals surface area contributed by atoms with Crippen LogP contribution in [0.4, 0.5) is 0 Å². The Kier molecular flexibility index (Phi) is 6.99. The Morgan fingerprint density at radius 1 is 1.03 bits per heavy atom. The van der Waals surface area contributed by atoms with Crippen LogP contribution in [0.5, 0.6) is 23.0 Å². The van der Waals surface area contributed by atoms with Gasteiger partial charge in [0.1, 0.15) is 30.8 Å². The highest BCUT2D eigenvalue weighted by Crippen LogP contribution is 2.35. The van der Waals surface area contributed by atoms with Crippen molar-refractivity contribution in [1.82, 2.24) is 5.32 Å². The number of hydrogen-bond acceptors (Lipinski definition) is 6. The number of aliphatic hydroxyl groups is 1. The van der Waals surface area contributed by atoms with E-state index in [1.807, 2.05) is 12.1 Å². The Labute approximate surface area is 190 Å². The lowest BCUT2D eigenvalue weighted by Crippen LogP contribution is -2.35. The molecule has 8 heteroatoms. The summed E-state index contributed by atoms with van der Waals surface area (Å²) < 4.78 is 22.0. The number of carbonyl (C=O) groups excluding carboxylic acids is 1. The Balaban J connectivity index is 1.27. The first-order chi connectivity index (χ1) is 15.6. The molecule has 4 rings (SSSR count).